The molecule has 1 aliphatic heterocycles. The van der Waals surface area contributed by atoms with Crippen LogP contribution in [0, 0.1) is 0 Å². The molecule has 32 heavy (non-hydrogen) atoms. The topological polar surface area (TPSA) is 58.6 Å². The van der Waals surface area contributed by atoms with Crippen LogP contribution in [0.15, 0.2) is 84.9 Å². The summed E-state index contributed by atoms with van der Waals surface area (Å²) in [4.78, 5) is 27.0. The second-order valence-electron chi connectivity index (χ2n) is 7.98. The fraction of sp³-hybridized carbons (Fsp3) is 0.259. The molecule has 1 saturated heterocycles. The van der Waals surface area contributed by atoms with E-state index in [4.69, 9.17) is 4.74 Å². The summed E-state index contributed by atoms with van der Waals surface area (Å²) in [6, 6.07) is 27.4. The van der Waals surface area contributed by atoms with E-state index in [1.807, 2.05) is 77.7 Å². The van der Waals surface area contributed by atoms with Gasteiger partial charge in [0.15, 0.2) is 0 Å². The maximum atomic E-state index is 12.6. The van der Waals surface area contributed by atoms with Gasteiger partial charge in [0, 0.05) is 24.7 Å². The van der Waals surface area contributed by atoms with Crippen LogP contribution in [-0.4, -0.2) is 42.5 Å². The Balaban J connectivity index is 1.20. The fourth-order valence-electron chi connectivity index (χ4n) is 3.92. The molecule has 0 atom stereocenters. The summed E-state index contributed by atoms with van der Waals surface area (Å²) in [7, 11) is 0. The summed E-state index contributed by atoms with van der Waals surface area (Å²) >= 11 is 0. The lowest BCUT2D eigenvalue weighted by Gasteiger charge is -2.32. The van der Waals surface area contributed by atoms with E-state index in [9.17, 15) is 9.59 Å². The van der Waals surface area contributed by atoms with Gasteiger partial charge >= 0.3 is 0 Å². The van der Waals surface area contributed by atoms with Crippen LogP contribution in [0.1, 0.15) is 29.6 Å². The minimum absolute atomic E-state index is 0.0642. The molecule has 1 fully saturated rings. The van der Waals surface area contributed by atoms with Crippen molar-refractivity contribution in [1.29, 1.82) is 0 Å². The molecule has 0 bridgehead atoms. The van der Waals surface area contributed by atoms with Crippen LogP contribution in [0.3, 0.4) is 0 Å². The summed E-state index contributed by atoms with van der Waals surface area (Å²) in [5.74, 6) is 0.811. The van der Waals surface area contributed by atoms with E-state index in [1.54, 1.807) is 0 Å². The van der Waals surface area contributed by atoms with Gasteiger partial charge in [-0.2, -0.15) is 0 Å². The number of hydrogen-bond acceptors (Lipinski definition) is 3. The van der Waals surface area contributed by atoms with Crippen LogP contribution < -0.4 is 10.1 Å². The third kappa shape index (κ3) is 5.76. The van der Waals surface area contributed by atoms with Crippen molar-refractivity contribution in [2.24, 2.45) is 0 Å². The summed E-state index contributed by atoms with van der Waals surface area (Å²) in [5, 5.41) is 3.12. The number of para-hydroxylation sites is 1. The average molecular weight is 429 g/mol. The average Bonchev–Trinajstić information content (AvgIpc) is 2.86. The first-order valence-electron chi connectivity index (χ1n) is 11.1. The lowest BCUT2D eigenvalue weighted by molar-refractivity contribution is -0.132. The quantitative estimate of drug-likeness (QED) is 0.601. The van der Waals surface area contributed by atoms with Crippen LogP contribution in [0.4, 0.5) is 0 Å². The van der Waals surface area contributed by atoms with Crippen LogP contribution in [0.2, 0.25) is 0 Å². The second-order valence-corrected chi connectivity index (χ2v) is 7.98. The van der Waals surface area contributed by atoms with E-state index < -0.39 is 0 Å². The highest BCUT2D eigenvalue weighted by molar-refractivity contribution is 5.94. The highest BCUT2D eigenvalue weighted by Crippen LogP contribution is 2.20. The zero-order valence-corrected chi connectivity index (χ0v) is 18.1. The molecule has 1 heterocycles. The number of piperidine rings is 1. The van der Waals surface area contributed by atoms with E-state index in [0.29, 0.717) is 31.7 Å². The van der Waals surface area contributed by atoms with E-state index in [-0.39, 0.29) is 17.9 Å². The van der Waals surface area contributed by atoms with Gasteiger partial charge in [-0.05, 0) is 48.2 Å². The third-order valence-electron chi connectivity index (χ3n) is 5.76. The molecular formula is C27H28N2O3. The number of benzene rings is 3. The summed E-state index contributed by atoms with van der Waals surface area (Å²) < 4.78 is 5.62. The number of likely N-dealkylation sites (tertiary alicyclic amines) is 1. The van der Waals surface area contributed by atoms with E-state index in [1.165, 1.54) is 0 Å². The van der Waals surface area contributed by atoms with Crippen molar-refractivity contribution < 1.29 is 14.3 Å². The van der Waals surface area contributed by atoms with E-state index in [0.717, 1.165) is 29.7 Å². The van der Waals surface area contributed by atoms with Crippen molar-refractivity contribution in [2.45, 2.75) is 25.3 Å². The normalized spacial score (nSPS) is 14.1. The van der Waals surface area contributed by atoms with E-state index in [2.05, 4.69) is 17.4 Å². The molecule has 1 aliphatic rings. The molecule has 1 N–H and O–H groups in total. The van der Waals surface area contributed by atoms with E-state index >= 15 is 0 Å². The number of amides is 2. The molecule has 0 saturated carbocycles. The Labute approximate surface area is 189 Å². The predicted molar refractivity (Wildman–Crippen MR) is 126 cm³/mol. The standard InChI is InChI=1S/C27H28N2O3/c30-26(17-20-32-25-9-5-2-6-10-25)29-18-15-24(16-19-29)28-27(31)23-13-11-22(12-14-23)21-7-3-1-4-8-21/h1-14,24H,15-20H2,(H,28,31). The summed E-state index contributed by atoms with van der Waals surface area (Å²) in [6.07, 6.45) is 1.89. The summed E-state index contributed by atoms with van der Waals surface area (Å²) in [5.41, 5.74) is 2.87. The Morgan fingerprint density at radius 1 is 0.812 bits per heavy atom. The predicted octanol–water partition coefficient (Wildman–Crippen LogP) is 4.54. The zero-order valence-electron chi connectivity index (χ0n) is 18.1. The molecule has 4 rings (SSSR count). The molecule has 0 aromatic heterocycles. The molecule has 5 heteroatoms. The Morgan fingerprint density at radius 2 is 1.41 bits per heavy atom. The highest BCUT2D eigenvalue weighted by atomic mass is 16.5. The van der Waals surface area contributed by atoms with Crippen LogP contribution >= 0.6 is 0 Å². The van der Waals surface area contributed by atoms with Crippen LogP contribution in [0.25, 0.3) is 11.1 Å². The Bertz CT molecular complexity index is 1010. The minimum Gasteiger partial charge on any atom is -0.493 e. The Morgan fingerprint density at radius 3 is 2.06 bits per heavy atom. The molecular weight excluding hydrogens is 400 g/mol. The maximum absolute atomic E-state index is 12.6. The number of nitrogens with zero attached hydrogens (tertiary/aromatic N) is 1. The first kappa shape index (κ1) is 21.6. The van der Waals surface area contributed by atoms with Crippen molar-refractivity contribution in [2.75, 3.05) is 19.7 Å². The number of rotatable bonds is 7. The van der Waals surface area contributed by atoms with Crippen LogP contribution in [-0.2, 0) is 4.79 Å². The molecule has 3 aromatic rings. The molecule has 164 valence electrons. The van der Waals surface area contributed by atoms with Gasteiger partial charge in [0.05, 0.1) is 13.0 Å². The largest absolute Gasteiger partial charge is 0.493 e. The van der Waals surface area contributed by atoms with Gasteiger partial charge in [0.25, 0.3) is 5.91 Å². The number of ether oxygens (including phenoxy) is 1. The molecule has 2 amide bonds. The van der Waals surface area contributed by atoms with Crippen molar-refractivity contribution in [3.05, 3.63) is 90.5 Å². The lowest BCUT2D eigenvalue weighted by Crippen LogP contribution is -2.46. The van der Waals surface area contributed by atoms with Crippen molar-refractivity contribution in [3.8, 4) is 16.9 Å². The number of nitrogens with one attached hydrogen (secondary N) is 1. The van der Waals surface area contributed by atoms with Crippen molar-refractivity contribution in [3.63, 3.8) is 0 Å². The molecule has 0 spiro atoms. The lowest BCUT2D eigenvalue weighted by atomic mass is 10.0. The highest BCUT2D eigenvalue weighted by Gasteiger charge is 2.24. The number of carbonyl (C=O) groups excluding carboxylic acids is 2. The van der Waals surface area contributed by atoms with Crippen molar-refractivity contribution >= 4 is 11.8 Å². The summed E-state index contributed by atoms with van der Waals surface area (Å²) in [6.45, 7) is 1.68. The number of carbonyl (C=O) groups is 2. The Kier molecular flexibility index (Phi) is 7.18. The van der Waals surface area contributed by atoms with Gasteiger partial charge in [-0.25, -0.2) is 0 Å². The second kappa shape index (κ2) is 10.6. The van der Waals surface area contributed by atoms with Gasteiger partial charge in [-0.15, -0.1) is 0 Å². The first-order chi connectivity index (χ1) is 15.7. The molecule has 3 aromatic carbocycles. The molecule has 0 radical (unpaired) electrons. The van der Waals surface area contributed by atoms with Gasteiger partial charge in [0.1, 0.15) is 5.75 Å². The van der Waals surface area contributed by atoms with Crippen molar-refractivity contribution in [1.82, 2.24) is 10.2 Å². The van der Waals surface area contributed by atoms with Gasteiger partial charge in [-0.1, -0.05) is 60.7 Å². The third-order valence-corrected chi connectivity index (χ3v) is 5.76. The van der Waals surface area contributed by atoms with Gasteiger partial charge in [-0.3, -0.25) is 9.59 Å². The minimum atomic E-state index is -0.0642. The van der Waals surface area contributed by atoms with Gasteiger partial charge < -0.3 is 15.0 Å². The Hall–Kier alpha value is -3.60. The zero-order chi connectivity index (χ0) is 22.2. The fourth-order valence-corrected chi connectivity index (χ4v) is 3.92. The van der Waals surface area contributed by atoms with Gasteiger partial charge in [0.2, 0.25) is 5.91 Å². The molecule has 5 nitrogen and oxygen atoms in total. The van der Waals surface area contributed by atoms with Crippen LogP contribution in [0.5, 0.6) is 5.75 Å². The molecule has 0 aliphatic carbocycles. The molecule has 0 unspecified atom stereocenters. The monoisotopic (exact) mass is 428 g/mol. The SMILES string of the molecule is O=C(NC1CCN(C(=O)CCOc2ccccc2)CC1)c1ccc(-c2ccccc2)cc1. The first-order valence-corrected chi connectivity index (χ1v) is 11.1. The maximum Gasteiger partial charge on any atom is 0.251 e. The number of hydrogen-bond donors (Lipinski definition) is 1. The smallest absolute Gasteiger partial charge is 0.251 e.